The number of ether oxygens (including phenoxy) is 1. The van der Waals surface area contributed by atoms with Crippen LogP contribution in [0.4, 0.5) is 0 Å². The first-order chi connectivity index (χ1) is 6.93. The molecule has 0 radical (unpaired) electrons. The van der Waals surface area contributed by atoms with E-state index in [4.69, 9.17) is 4.74 Å². The van der Waals surface area contributed by atoms with Gasteiger partial charge in [0.2, 0.25) is 0 Å². The minimum absolute atomic E-state index is 0.831. The van der Waals surface area contributed by atoms with Crippen molar-refractivity contribution < 1.29 is 4.74 Å². The molecule has 1 aliphatic heterocycles. The van der Waals surface area contributed by atoms with Crippen LogP contribution < -0.4 is 5.32 Å². The van der Waals surface area contributed by atoms with Gasteiger partial charge in [0.05, 0.1) is 13.2 Å². The maximum atomic E-state index is 5.37. The summed E-state index contributed by atoms with van der Waals surface area (Å²) in [6, 6.07) is 0. The van der Waals surface area contributed by atoms with Gasteiger partial charge in [-0.15, -0.1) is 0 Å². The number of nitrogens with one attached hydrogen (secondary N) is 1. The first kappa shape index (κ1) is 12.1. The van der Waals surface area contributed by atoms with E-state index in [1.165, 1.54) is 24.2 Å². The molecule has 0 aliphatic carbocycles. The van der Waals surface area contributed by atoms with E-state index >= 15 is 0 Å². The minimum Gasteiger partial charge on any atom is -0.377 e. The van der Waals surface area contributed by atoms with Gasteiger partial charge in [-0.2, -0.15) is 11.8 Å². The highest BCUT2D eigenvalue weighted by Gasteiger charge is 2.02. The predicted octanol–water partition coefficient (Wildman–Crippen LogP) is 2.07. The van der Waals surface area contributed by atoms with Crippen LogP contribution in [0.25, 0.3) is 0 Å². The van der Waals surface area contributed by atoms with Crippen molar-refractivity contribution in [1.82, 2.24) is 5.32 Å². The van der Waals surface area contributed by atoms with Crippen LogP contribution in [-0.2, 0) is 4.74 Å². The molecule has 1 aliphatic rings. The standard InChI is InChI=1S/C11H21NOS/c1-14-8-3-2-6-12-9-11-5-4-7-13-10-11/h5,12H,2-4,6-10H2,1H3. The van der Waals surface area contributed by atoms with Gasteiger partial charge in [0.15, 0.2) is 0 Å². The third kappa shape index (κ3) is 5.68. The van der Waals surface area contributed by atoms with E-state index in [1.54, 1.807) is 0 Å². The molecule has 0 aromatic carbocycles. The van der Waals surface area contributed by atoms with Crippen molar-refractivity contribution in [1.29, 1.82) is 0 Å². The molecule has 0 amide bonds. The maximum absolute atomic E-state index is 5.37. The van der Waals surface area contributed by atoms with Crippen LogP contribution >= 0.6 is 11.8 Å². The summed E-state index contributed by atoms with van der Waals surface area (Å²) >= 11 is 1.93. The van der Waals surface area contributed by atoms with Crippen LogP contribution in [0.1, 0.15) is 19.3 Å². The van der Waals surface area contributed by atoms with Crippen molar-refractivity contribution in [3.05, 3.63) is 11.6 Å². The summed E-state index contributed by atoms with van der Waals surface area (Å²) in [6.07, 6.45) is 8.16. The lowest BCUT2D eigenvalue weighted by atomic mass is 10.2. The molecule has 0 saturated carbocycles. The van der Waals surface area contributed by atoms with Gasteiger partial charge in [-0.05, 0) is 43.4 Å². The predicted molar refractivity (Wildman–Crippen MR) is 64.0 cm³/mol. The van der Waals surface area contributed by atoms with Gasteiger partial charge in [-0.25, -0.2) is 0 Å². The largest absolute Gasteiger partial charge is 0.377 e. The van der Waals surface area contributed by atoms with E-state index in [0.717, 1.165) is 32.7 Å². The highest BCUT2D eigenvalue weighted by molar-refractivity contribution is 7.98. The van der Waals surface area contributed by atoms with Crippen molar-refractivity contribution >= 4 is 11.8 Å². The Morgan fingerprint density at radius 3 is 3.14 bits per heavy atom. The highest BCUT2D eigenvalue weighted by atomic mass is 32.2. The van der Waals surface area contributed by atoms with Crippen molar-refractivity contribution in [3.63, 3.8) is 0 Å². The molecule has 1 heterocycles. The number of unbranched alkanes of at least 4 members (excludes halogenated alkanes) is 1. The molecule has 82 valence electrons. The average Bonchev–Trinajstić information content (AvgIpc) is 2.25. The van der Waals surface area contributed by atoms with Crippen LogP contribution in [0.3, 0.4) is 0 Å². The summed E-state index contributed by atoms with van der Waals surface area (Å²) in [5.74, 6) is 1.29. The zero-order chi connectivity index (χ0) is 10.1. The third-order valence-corrected chi connectivity index (χ3v) is 2.98. The van der Waals surface area contributed by atoms with Gasteiger partial charge < -0.3 is 10.1 Å². The second-order valence-corrected chi connectivity index (χ2v) is 4.57. The van der Waals surface area contributed by atoms with Crippen molar-refractivity contribution in [2.24, 2.45) is 0 Å². The first-order valence-corrected chi connectivity index (χ1v) is 6.78. The highest BCUT2D eigenvalue weighted by Crippen LogP contribution is 2.04. The summed E-state index contributed by atoms with van der Waals surface area (Å²) in [5, 5.41) is 3.46. The molecular weight excluding hydrogens is 194 g/mol. The van der Waals surface area contributed by atoms with Gasteiger partial charge in [0.25, 0.3) is 0 Å². The van der Waals surface area contributed by atoms with Gasteiger partial charge in [-0.3, -0.25) is 0 Å². The quantitative estimate of drug-likeness (QED) is 0.519. The molecule has 0 fully saturated rings. The average molecular weight is 215 g/mol. The molecule has 1 N–H and O–H groups in total. The molecule has 0 atom stereocenters. The Balaban J connectivity index is 1.90. The maximum Gasteiger partial charge on any atom is 0.0689 e. The van der Waals surface area contributed by atoms with E-state index in [0.29, 0.717) is 0 Å². The first-order valence-electron chi connectivity index (χ1n) is 5.39. The molecule has 0 saturated heterocycles. The molecule has 0 aromatic heterocycles. The fourth-order valence-electron chi connectivity index (χ4n) is 1.48. The van der Waals surface area contributed by atoms with E-state index in [2.05, 4.69) is 17.6 Å². The monoisotopic (exact) mass is 215 g/mol. The number of thioether (sulfide) groups is 1. The van der Waals surface area contributed by atoms with Crippen LogP contribution in [-0.4, -0.2) is 38.3 Å². The minimum atomic E-state index is 0.831. The Hall–Kier alpha value is 0.01000. The number of rotatable bonds is 7. The lowest BCUT2D eigenvalue weighted by molar-refractivity contribution is 0.149. The van der Waals surface area contributed by atoms with Gasteiger partial charge >= 0.3 is 0 Å². The van der Waals surface area contributed by atoms with E-state index in [1.807, 2.05) is 11.8 Å². The molecule has 14 heavy (non-hydrogen) atoms. The summed E-state index contributed by atoms with van der Waals surface area (Å²) < 4.78 is 5.37. The smallest absolute Gasteiger partial charge is 0.0689 e. The molecule has 1 rings (SSSR count). The summed E-state index contributed by atoms with van der Waals surface area (Å²) in [4.78, 5) is 0. The van der Waals surface area contributed by atoms with Gasteiger partial charge in [0.1, 0.15) is 0 Å². The Labute approximate surface area is 91.5 Å². The number of hydrogen-bond acceptors (Lipinski definition) is 3. The normalized spacial score (nSPS) is 16.8. The Kier molecular flexibility index (Phi) is 7.19. The molecule has 0 spiro atoms. The topological polar surface area (TPSA) is 21.3 Å². The second kappa shape index (κ2) is 8.33. The summed E-state index contributed by atoms with van der Waals surface area (Å²) in [7, 11) is 0. The Morgan fingerprint density at radius 1 is 1.50 bits per heavy atom. The molecule has 0 bridgehead atoms. The number of hydrogen-bond donors (Lipinski definition) is 1. The van der Waals surface area contributed by atoms with Crippen LogP contribution in [0.5, 0.6) is 0 Å². The third-order valence-electron chi connectivity index (χ3n) is 2.29. The fraction of sp³-hybridized carbons (Fsp3) is 0.818. The zero-order valence-corrected chi connectivity index (χ0v) is 9.87. The molecule has 0 aromatic rings. The molecule has 3 heteroatoms. The lowest BCUT2D eigenvalue weighted by Gasteiger charge is -2.14. The molecule has 0 unspecified atom stereocenters. The van der Waals surface area contributed by atoms with E-state index in [-0.39, 0.29) is 0 Å². The lowest BCUT2D eigenvalue weighted by Crippen LogP contribution is -2.22. The van der Waals surface area contributed by atoms with Crippen LogP contribution in [0.15, 0.2) is 11.6 Å². The van der Waals surface area contributed by atoms with Gasteiger partial charge in [0, 0.05) is 6.54 Å². The summed E-state index contributed by atoms with van der Waals surface area (Å²) in [6.45, 7) is 3.88. The van der Waals surface area contributed by atoms with Crippen LogP contribution in [0.2, 0.25) is 0 Å². The SMILES string of the molecule is CSCCCCNCC1=CCCOC1. The Bertz CT molecular complexity index is 171. The zero-order valence-electron chi connectivity index (χ0n) is 9.05. The van der Waals surface area contributed by atoms with Gasteiger partial charge in [-0.1, -0.05) is 6.08 Å². The summed E-state index contributed by atoms with van der Waals surface area (Å²) in [5.41, 5.74) is 1.42. The van der Waals surface area contributed by atoms with Crippen molar-refractivity contribution in [2.75, 3.05) is 38.3 Å². The molecule has 2 nitrogen and oxygen atoms in total. The Morgan fingerprint density at radius 2 is 2.43 bits per heavy atom. The van der Waals surface area contributed by atoms with Crippen molar-refractivity contribution in [2.45, 2.75) is 19.3 Å². The molecular formula is C11H21NOS. The van der Waals surface area contributed by atoms with Crippen LogP contribution in [0, 0.1) is 0 Å². The second-order valence-electron chi connectivity index (χ2n) is 3.58. The van der Waals surface area contributed by atoms with E-state index in [9.17, 15) is 0 Å². The van der Waals surface area contributed by atoms with Crippen molar-refractivity contribution in [3.8, 4) is 0 Å². The fourth-order valence-corrected chi connectivity index (χ4v) is 1.97. The van der Waals surface area contributed by atoms with E-state index < -0.39 is 0 Å².